The third-order valence-corrected chi connectivity index (χ3v) is 3.78. The molecular formula is C18H19FN2O3. The van der Waals surface area contributed by atoms with Crippen molar-refractivity contribution in [1.29, 1.82) is 0 Å². The number of carboxylic acid groups (broad SMARTS) is 1. The Bertz CT molecular complexity index is 732. The number of rotatable bonds is 6. The lowest BCUT2D eigenvalue weighted by Crippen LogP contribution is -2.54. The molecule has 0 saturated carbocycles. The average Bonchev–Trinajstić information content (AvgIpc) is 2.55. The summed E-state index contributed by atoms with van der Waals surface area (Å²) in [6.07, 6.45) is -0.0380. The fourth-order valence-electron chi connectivity index (χ4n) is 2.32. The normalized spacial score (nSPS) is 14.5. The predicted octanol–water partition coefficient (Wildman–Crippen LogP) is 1.81. The molecule has 126 valence electrons. The Hall–Kier alpha value is -2.73. The molecule has 2 rings (SSSR count). The molecule has 0 aliphatic heterocycles. The number of benzene rings is 2. The molecule has 24 heavy (non-hydrogen) atoms. The fourth-order valence-corrected chi connectivity index (χ4v) is 2.32. The summed E-state index contributed by atoms with van der Waals surface area (Å²) >= 11 is 0. The number of aliphatic carboxylic acids is 1. The summed E-state index contributed by atoms with van der Waals surface area (Å²) in [4.78, 5) is 23.9. The van der Waals surface area contributed by atoms with Crippen LogP contribution in [0.3, 0.4) is 0 Å². The van der Waals surface area contributed by atoms with Gasteiger partial charge >= 0.3 is 5.97 Å². The van der Waals surface area contributed by atoms with Gasteiger partial charge in [-0.2, -0.15) is 0 Å². The number of carbonyl (C=O) groups excluding carboxylic acids is 1. The molecule has 0 spiro atoms. The van der Waals surface area contributed by atoms with Crippen molar-refractivity contribution in [3.05, 3.63) is 71.5 Å². The smallest absolute Gasteiger partial charge is 0.326 e. The van der Waals surface area contributed by atoms with Gasteiger partial charge in [0.25, 0.3) is 0 Å². The highest BCUT2D eigenvalue weighted by Crippen LogP contribution is 2.18. The molecule has 6 heteroatoms. The molecule has 2 aromatic rings. The van der Waals surface area contributed by atoms with Crippen molar-refractivity contribution in [3.8, 4) is 0 Å². The van der Waals surface area contributed by atoms with E-state index in [-0.39, 0.29) is 6.42 Å². The quantitative estimate of drug-likeness (QED) is 0.753. The number of hydrogen-bond donors (Lipinski definition) is 3. The zero-order valence-electron chi connectivity index (χ0n) is 13.2. The molecule has 0 heterocycles. The molecule has 5 nitrogen and oxygen atoms in total. The Labute approximate surface area is 139 Å². The zero-order chi connectivity index (χ0) is 17.7. The topological polar surface area (TPSA) is 92.4 Å². The van der Waals surface area contributed by atoms with Crippen molar-refractivity contribution in [3.63, 3.8) is 0 Å². The number of carbonyl (C=O) groups is 2. The summed E-state index contributed by atoms with van der Waals surface area (Å²) in [5, 5.41) is 11.8. The Morgan fingerprint density at radius 1 is 1.21 bits per heavy atom. The highest BCUT2D eigenvalue weighted by atomic mass is 19.1. The van der Waals surface area contributed by atoms with Crippen LogP contribution in [0.15, 0.2) is 54.6 Å². The van der Waals surface area contributed by atoms with Crippen molar-refractivity contribution in [2.45, 2.75) is 24.9 Å². The van der Waals surface area contributed by atoms with Gasteiger partial charge in [-0.1, -0.05) is 42.5 Å². The van der Waals surface area contributed by atoms with Gasteiger partial charge in [-0.15, -0.1) is 0 Å². The van der Waals surface area contributed by atoms with Crippen molar-refractivity contribution < 1.29 is 19.1 Å². The lowest BCUT2D eigenvalue weighted by atomic mass is 9.91. The molecule has 1 amide bonds. The van der Waals surface area contributed by atoms with Crippen molar-refractivity contribution in [1.82, 2.24) is 5.32 Å². The summed E-state index contributed by atoms with van der Waals surface area (Å²) in [6, 6.07) is 13.1. The van der Waals surface area contributed by atoms with Crippen LogP contribution in [0.1, 0.15) is 18.1 Å². The van der Waals surface area contributed by atoms with Gasteiger partial charge in [-0.3, -0.25) is 4.79 Å². The number of carboxylic acids is 1. The lowest BCUT2D eigenvalue weighted by molar-refractivity contribution is -0.142. The van der Waals surface area contributed by atoms with Crippen LogP contribution in [0.2, 0.25) is 0 Å². The first kappa shape index (κ1) is 17.6. The van der Waals surface area contributed by atoms with Crippen LogP contribution < -0.4 is 11.1 Å². The summed E-state index contributed by atoms with van der Waals surface area (Å²) in [6.45, 7) is 1.51. The van der Waals surface area contributed by atoms with Crippen LogP contribution in [0.25, 0.3) is 0 Å². The number of hydrogen-bond acceptors (Lipinski definition) is 3. The van der Waals surface area contributed by atoms with Gasteiger partial charge in [0, 0.05) is 6.42 Å². The number of amides is 1. The van der Waals surface area contributed by atoms with E-state index < -0.39 is 29.3 Å². The van der Waals surface area contributed by atoms with E-state index in [0.717, 1.165) is 0 Å². The highest BCUT2D eigenvalue weighted by Gasteiger charge is 2.33. The second-order valence-electron chi connectivity index (χ2n) is 5.77. The Kier molecular flexibility index (Phi) is 5.31. The minimum atomic E-state index is -1.38. The summed E-state index contributed by atoms with van der Waals surface area (Å²) < 4.78 is 13.2. The zero-order valence-corrected chi connectivity index (χ0v) is 13.2. The second kappa shape index (κ2) is 7.23. The summed E-state index contributed by atoms with van der Waals surface area (Å²) in [7, 11) is 0. The minimum absolute atomic E-state index is 0.0380. The molecule has 0 aliphatic carbocycles. The van der Waals surface area contributed by atoms with Gasteiger partial charge in [0.15, 0.2) is 0 Å². The van der Waals surface area contributed by atoms with Crippen molar-refractivity contribution in [2.24, 2.45) is 5.73 Å². The molecule has 4 N–H and O–H groups in total. The first-order valence-electron chi connectivity index (χ1n) is 7.43. The van der Waals surface area contributed by atoms with E-state index >= 15 is 0 Å². The summed E-state index contributed by atoms with van der Waals surface area (Å²) in [5.41, 5.74) is 5.74. The maximum atomic E-state index is 13.2. The van der Waals surface area contributed by atoms with Gasteiger partial charge in [-0.25, -0.2) is 9.18 Å². The van der Waals surface area contributed by atoms with Crippen LogP contribution in [0.5, 0.6) is 0 Å². The van der Waals surface area contributed by atoms with Gasteiger partial charge in [0.2, 0.25) is 5.91 Å². The predicted molar refractivity (Wildman–Crippen MR) is 87.7 cm³/mol. The average molecular weight is 330 g/mol. The molecule has 2 aromatic carbocycles. The maximum Gasteiger partial charge on any atom is 0.326 e. The Morgan fingerprint density at radius 3 is 2.46 bits per heavy atom. The van der Waals surface area contributed by atoms with E-state index in [1.54, 1.807) is 36.4 Å². The van der Waals surface area contributed by atoms with E-state index in [9.17, 15) is 19.1 Å². The van der Waals surface area contributed by atoms with Crippen LogP contribution in [0, 0.1) is 5.82 Å². The number of halogens is 1. The van der Waals surface area contributed by atoms with Crippen LogP contribution in [-0.2, 0) is 21.5 Å². The van der Waals surface area contributed by atoms with Crippen LogP contribution >= 0.6 is 0 Å². The van der Waals surface area contributed by atoms with Gasteiger partial charge in [-0.05, 0) is 30.2 Å². The van der Waals surface area contributed by atoms with E-state index in [4.69, 9.17) is 5.73 Å². The molecule has 0 bridgehead atoms. The van der Waals surface area contributed by atoms with E-state index in [1.165, 1.54) is 25.1 Å². The largest absolute Gasteiger partial charge is 0.480 e. The minimum Gasteiger partial charge on any atom is -0.480 e. The van der Waals surface area contributed by atoms with Gasteiger partial charge in [0.05, 0.1) is 0 Å². The Balaban J connectivity index is 2.15. The maximum absolute atomic E-state index is 13.2. The first-order chi connectivity index (χ1) is 11.3. The molecule has 2 atom stereocenters. The van der Waals surface area contributed by atoms with Crippen LogP contribution in [-0.4, -0.2) is 23.0 Å². The van der Waals surface area contributed by atoms with E-state index in [0.29, 0.717) is 11.1 Å². The fraction of sp³-hybridized carbons (Fsp3) is 0.222. The molecule has 0 radical (unpaired) electrons. The Morgan fingerprint density at radius 2 is 1.88 bits per heavy atom. The van der Waals surface area contributed by atoms with E-state index in [2.05, 4.69) is 5.32 Å². The third kappa shape index (κ3) is 4.17. The highest BCUT2D eigenvalue weighted by molar-refractivity contribution is 5.90. The lowest BCUT2D eigenvalue weighted by Gasteiger charge is -2.26. The standard InChI is InChI=1S/C18H19FN2O3/c1-18(20,13-7-3-2-4-8-13)17(24)21-15(16(22)23)11-12-6-5-9-14(19)10-12/h2-10,15H,11,20H2,1H3,(H,21,24)(H,22,23). The monoisotopic (exact) mass is 330 g/mol. The van der Waals surface area contributed by atoms with Gasteiger partial charge in [0.1, 0.15) is 17.4 Å². The first-order valence-corrected chi connectivity index (χ1v) is 7.43. The molecular weight excluding hydrogens is 311 g/mol. The molecule has 2 unspecified atom stereocenters. The summed E-state index contributed by atoms with van der Waals surface area (Å²) in [5.74, 6) is -2.29. The van der Waals surface area contributed by atoms with E-state index in [1.807, 2.05) is 0 Å². The SMILES string of the molecule is CC(N)(C(=O)NC(Cc1cccc(F)c1)C(=O)O)c1ccccc1. The number of nitrogens with two attached hydrogens (primary N) is 1. The van der Waals surface area contributed by atoms with Crippen LogP contribution in [0.4, 0.5) is 4.39 Å². The molecule has 0 saturated heterocycles. The van der Waals surface area contributed by atoms with Gasteiger partial charge < -0.3 is 16.2 Å². The molecule has 0 fully saturated rings. The second-order valence-corrected chi connectivity index (χ2v) is 5.77. The van der Waals surface area contributed by atoms with Crippen molar-refractivity contribution >= 4 is 11.9 Å². The molecule has 0 aromatic heterocycles. The number of nitrogens with one attached hydrogen (secondary N) is 1. The molecule has 0 aliphatic rings. The van der Waals surface area contributed by atoms with Crippen molar-refractivity contribution in [2.75, 3.05) is 0 Å². The third-order valence-electron chi connectivity index (χ3n) is 3.78.